The van der Waals surface area contributed by atoms with Crippen molar-refractivity contribution >= 4 is 23.3 Å². The number of hydrogen-bond acceptors (Lipinski definition) is 8. The quantitative estimate of drug-likeness (QED) is 0.252. The molecule has 2 rings (SSSR count). The average Bonchev–Trinajstić information content (AvgIpc) is 2.51. The van der Waals surface area contributed by atoms with Crippen molar-refractivity contribution in [2.75, 3.05) is 31.5 Å². The Morgan fingerprint density at radius 3 is 2.52 bits per heavy atom. The fourth-order valence-corrected chi connectivity index (χ4v) is 2.55. The monoisotopic (exact) mass is 294 g/mol. The van der Waals surface area contributed by atoms with Gasteiger partial charge in [0.05, 0.1) is 16.3 Å². The molecule has 1 aliphatic rings. The molecule has 0 spiro atoms. The predicted molar refractivity (Wildman–Crippen MR) is 79.0 cm³/mol. The van der Waals surface area contributed by atoms with Crippen LogP contribution in [0.15, 0.2) is 18.2 Å². The molecule has 1 unspecified atom stereocenters. The van der Waals surface area contributed by atoms with Gasteiger partial charge in [0.1, 0.15) is 6.29 Å². The second-order valence-corrected chi connectivity index (χ2v) is 4.57. The Kier molecular flexibility index (Phi) is 4.07. The summed E-state index contributed by atoms with van der Waals surface area (Å²) in [6.07, 6.45) is 0.793. The molecule has 4 N–H and O–H groups in total. The number of nitrogens with one attached hydrogen (secondary N) is 4. The number of anilines is 2. The number of nitro groups is 1. The Bertz CT molecular complexity index is 560. The summed E-state index contributed by atoms with van der Waals surface area (Å²) in [5.74, 6) is -0.951. The molecule has 0 fully saturated rings. The highest BCUT2D eigenvalue weighted by Crippen LogP contribution is 2.37. The minimum Gasteiger partial charge on any atom is -0.351 e. The first-order valence-corrected chi connectivity index (χ1v) is 6.39. The summed E-state index contributed by atoms with van der Waals surface area (Å²) < 4.78 is 0. The van der Waals surface area contributed by atoms with E-state index < -0.39 is 16.8 Å². The van der Waals surface area contributed by atoms with Gasteiger partial charge in [-0.15, -0.1) is 0 Å². The minimum atomic E-state index is -0.951. The van der Waals surface area contributed by atoms with Crippen LogP contribution < -0.4 is 26.4 Å². The SMILES string of the molecule is CNN1c2ccc([N+](=O)[O-])cc2NC(NC)(NC)C1C=O. The van der Waals surface area contributed by atoms with Gasteiger partial charge in [0, 0.05) is 19.2 Å². The Morgan fingerprint density at radius 2 is 2.05 bits per heavy atom. The van der Waals surface area contributed by atoms with Crippen molar-refractivity contribution in [3.8, 4) is 0 Å². The normalized spacial score (nSPS) is 19.6. The van der Waals surface area contributed by atoms with Crippen molar-refractivity contribution in [2.45, 2.75) is 11.8 Å². The van der Waals surface area contributed by atoms with Gasteiger partial charge in [0.25, 0.3) is 5.69 Å². The van der Waals surface area contributed by atoms with Gasteiger partial charge in [0.15, 0.2) is 11.8 Å². The topological polar surface area (TPSA) is 112 Å². The van der Waals surface area contributed by atoms with Crippen molar-refractivity contribution < 1.29 is 9.72 Å². The fourth-order valence-electron chi connectivity index (χ4n) is 2.55. The van der Waals surface area contributed by atoms with Crippen LogP contribution in [-0.4, -0.2) is 44.2 Å². The van der Waals surface area contributed by atoms with Crippen LogP contribution in [0, 0.1) is 10.1 Å². The van der Waals surface area contributed by atoms with E-state index in [2.05, 4.69) is 21.4 Å². The molecule has 0 amide bonds. The number of likely N-dealkylation sites (N-methyl/N-ethyl adjacent to an activating group) is 2. The lowest BCUT2D eigenvalue weighted by Gasteiger charge is -2.49. The zero-order valence-electron chi connectivity index (χ0n) is 12.0. The van der Waals surface area contributed by atoms with E-state index in [1.54, 1.807) is 32.2 Å². The van der Waals surface area contributed by atoms with Gasteiger partial charge in [-0.05, 0) is 20.2 Å². The third-order valence-corrected chi connectivity index (χ3v) is 3.66. The average molecular weight is 294 g/mol. The van der Waals surface area contributed by atoms with E-state index in [4.69, 9.17) is 0 Å². The zero-order valence-corrected chi connectivity index (χ0v) is 12.0. The standard InChI is InChI=1S/C12H18N6O3/c1-13-12(14-2)11(7-19)17(15-3)10-5-4-8(18(20)21)6-9(10)16-12/h4-7,11,13-16H,1-3H3. The molecule has 1 aromatic carbocycles. The molecule has 1 aliphatic heterocycles. The van der Waals surface area contributed by atoms with E-state index in [1.807, 2.05) is 0 Å². The molecule has 114 valence electrons. The number of carbonyl (C=O) groups excluding carboxylic acids is 1. The summed E-state index contributed by atoms with van der Waals surface area (Å²) >= 11 is 0. The van der Waals surface area contributed by atoms with Crippen LogP contribution in [0.4, 0.5) is 17.1 Å². The minimum absolute atomic E-state index is 0.0250. The van der Waals surface area contributed by atoms with Crippen LogP contribution in [0.2, 0.25) is 0 Å². The van der Waals surface area contributed by atoms with Crippen LogP contribution in [-0.2, 0) is 4.79 Å². The summed E-state index contributed by atoms with van der Waals surface area (Å²) in [6.45, 7) is 0. The molecule has 0 bridgehead atoms. The number of benzene rings is 1. The van der Waals surface area contributed by atoms with Gasteiger partial charge >= 0.3 is 0 Å². The zero-order chi connectivity index (χ0) is 15.6. The van der Waals surface area contributed by atoms with Gasteiger partial charge in [0.2, 0.25) is 0 Å². The number of non-ortho nitro benzene ring substituents is 1. The Hall–Kier alpha value is -2.23. The molecule has 9 heteroatoms. The van der Waals surface area contributed by atoms with Gasteiger partial charge in [-0.3, -0.25) is 25.8 Å². The van der Waals surface area contributed by atoms with Crippen LogP contribution >= 0.6 is 0 Å². The maximum absolute atomic E-state index is 11.5. The van der Waals surface area contributed by atoms with E-state index in [0.717, 1.165) is 6.29 Å². The van der Waals surface area contributed by atoms with E-state index in [0.29, 0.717) is 11.4 Å². The van der Waals surface area contributed by atoms with Crippen molar-refractivity contribution in [2.24, 2.45) is 0 Å². The molecular formula is C12H18N6O3. The lowest BCUT2D eigenvalue weighted by Crippen LogP contribution is -2.75. The van der Waals surface area contributed by atoms with Crippen LogP contribution in [0.3, 0.4) is 0 Å². The molecule has 0 saturated carbocycles. The number of carbonyl (C=O) groups is 1. The molecule has 1 heterocycles. The van der Waals surface area contributed by atoms with Gasteiger partial charge < -0.3 is 10.1 Å². The van der Waals surface area contributed by atoms with Crippen LogP contribution in [0.1, 0.15) is 0 Å². The Balaban J connectivity index is 2.59. The number of aldehydes is 1. The molecule has 1 atom stereocenters. The first-order chi connectivity index (χ1) is 10.0. The first-order valence-electron chi connectivity index (χ1n) is 6.39. The molecule has 0 aromatic heterocycles. The van der Waals surface area contributed by atoms with Crippen LogP contribution in [0.5, 0.6) is 0 Å². The van der Waals surface area contributed by atoms with E-state index in [1.165, 1.54) is 12.1 Å². The van der Waals surface area contributed by atoms with Gasteiger partial charge in [-0.1, -0.05) is 0 Å². The molecule has 0 aliphatic carbocycles. The fraction of sp³-hybridized carbons (Fsp3) is 0.417. The summed E-state index contributed by atoms with van der Waals surface area (Å²) in [5, 5.41) is 21.7. The summed E-state index contributed by atoms with van der Waals surface area (Å²) in [5.41, 5.74) is 4.12. The summed E-state index contributed by atoms with van der Waals surface area (Å²) in [6, 6.07) is 3.83. The first kappa shape index (κ1) is 15.2. The van der Waals surface area contributed by atoms with Crippen molar-refractivity contribution in [1.82, 2.24) is 16.1 Å². The molecule has 0 saturated heterocycles. The third-order valence-electron chi connectivity index (χ3n) is 3.66. The Morgan fingerprint density at radius 1 is 1.38 bits per heavy atom. The predicted octanol–water partition coefficient (Wildman–Crippen LogP) is -0.379. The van der Waals surface area contributed by atoms with Crippen molar-refractivity contribution in [3.05, 3.63) is 28.3 Å². The number of nitrogens with zero attached hydrogens (tertiary/aromatic N) is 2. The molecule has 1 aromatic rings. The van der Waals surface area contributed by atoms with E-state index in [9.17, 15) is 14.9 Å². The largest absolute Gasteiger partial charge is 0.351 e. The highest BCUT2D eigenvalue weighted by Gasteiger charge is 2.45. The highest BCUT2D eigenvalue weighted by atomic mass is 16.6. The summed E-state index contributed by atoms with van der Waals surface area (Å²) in [7, 11) is 5.06. The smallest absolute Gasteiger partial charge is 0.271 e. The summed E-state index contributed by atoms with van der Waals surface area (Å²) in [4.78, 5) is 22.0. The second kappa shape index (κ2) is 5.64. The van der Waals surface area contributed by atoms with Gasteiger partial charge in [-0.25, -0.2) is 5.43 Å². The lowest BCUT2D eigenvalue weighted by molar-refractivity contribution is -0.384. The number of hydrogen-bond donors (Lipinski definition) is 4. The maximum atomic E-state index is 11.5. The molecule has 21 heavy (non-hydrogen) atoms. The van der Waals surface area contributed by atoms with Crippen LogP contribution in [0.25, 0.3) is 0 Å². The van der Waals surface area contributed by atoms with Gasteiger partial charge in [-0.2, -0.15) is 0 Å². The molecule has 9 nitrogen and oxygen atoms in total. The second-order valence-electron chi connectivity index (χ2n) is 4.57. The molecular weight excluding hydrogens is 276 g/mol. The number of fused-ring (bicyclic) bond motifs is 1. The molecule has 0 radical (unpaired) electrons. The van der Waals surface area contributed by atoms with E-state index in [-0.39, 0.29) is 5.69 Å². The van der Waals surface area contributed by atoms with Crippen molar-refractivity contribution in [3.63, 3.8) is 0 Å². The van der Waals surface area contributed by atoms with Crippen molar-refractivity contribution in [1.29, 1.82) is 0 Å². The number of nitro benzene ring substituents is 1. The number of rotatable bonds is 5. The Labute approximate surface area is 121 Å². The van der Waals surface area contributed by atoms with E-state index >= 15 is 0 Å². The highest BCUT2D eigenvalue weighted by molar-refractivity contribution is 5.82. The number of hydrazine groups is 1. The maximum Gasteiger partial charge on any atom is 0.271 e. The lowest BCUT2D eigenvalue weighted by atomic mass is 10.0. The third kappa shape index (κ3) is 2.31.